The Morgan fingerprint density at radius 1 is 1.15 bits per heavy atom. The molecule has 0 amide bonds. The number of carboxylic acids is 1. The fraction of sp³-hybridized carbons (Fsp3) is 0.629. The molecule has 11 heteroatoms. The van der Waals surface area contributed by atoms with Crippen LogP contribution >= 0.6 is 0 Å². The van der Waals surface area contributed by atoms with Gasteiger partial charge in [-0.15, -0.1) is 0 Å². The Hall–Kier alpha value is -3.25. The molecule has 1 saturated heterocycles. The minimum Gasteiger partial charge on any atom is -0.507 e. The maximum absolute atomic E-state index is 15.2. The molecule has 4 bridgehead atoms. The number of hydrogen-bond donors (Lipinski definition) is 3. The van der Waals surface area contributed by atoms with Crippen LogP contribution in [0, 0.1) is 11.8 Å². The predicted molar refractivity (Wildman–Crippen MR) is 164 cm³/mol. The molecule has 0 aromatic heterocycles. The fourth-order valence-electron chi connectivity index (χ4n) is 9.01. The molecular weight excluding hydrogens is 596 g/mol. The second-order valence-electron chi connectivity index (χ2n) is 14.8. The number of ether oxygens (including phenoxy) is 5. The van der Waals surface area contributed by atoms with Crippen LogP contribution in [-0.2, 0) is 35.6 Å². The SMILES string of the molecule is C=C(C)C(O)Cc1c(O)c2c(c3c1O[C@@H](C)C3(C)C)O[C@@]13C(C2=O)[C@H](OC)[C@@]2(OC)C[C@@H]1C(C)(C)O[C@]3(C/C=C(\C)C(=O)O)C2=O. The molecule has 1 aromatic rings. The third-order valence-corrected chi connectivity index (χ3v) is 11.8. The van der Waals surface area contributed by atoms with E-state index in [1.165, 1.54) is 27.2 Å². The summed E-state index contributed by atoms with van der Waals surface area (Å²) in [6, 6.07) is 0. The number of phenolic OH excluding ortho intramolecular Hbond substituents is 1. The van der Waals surface area contributed by atoms with E-state index in [4.69, 9.17) is 23.7 Å². The molecule has 4 fully saturated rings. The van der Waals surface area contributed by atoms with Crippen molar-refractivity contribution in [3.8, 4) is 17.2 Å². The standard InChI is InChI=1S/C35H44O11/c1-15(2)19(36)13-18-24(37)21-25(38)22-28(42-9)33(43-10)14-20-32(7,8)46-34(30(33)41,12-11-16(3)29(39)40)35(20,22)45-27(21)23-26(18)44-17(4)31(23,5)6/h11,17,19-20,22,28,36-37H,1,12-14H2,2-10H3,(H,39,40)/b16-11+/t17-,19?,20+,22?,28-,33-,34+,35+/m0/s1. The highest BCUT2D eigenvalue weighted by atomic mass is 16.6. The lowest BCUT2D eigenvalue weighted by molar-refractivity contribution is -0.267. The quantitative estimate of drug-likeness (QED) is 0.280. The maximum atomic E-state index is 15.2. The van der Waals surface area contributed by atoms with Gasteiger partial charge in [-0.2, -0.15) is 0 Å². The van der Waals surface area contributed by atoms with Gasteiger partial charge in [0, 0.05) is 55.1 Å². The third kappa shape index (κ3) is 3.65. The third-order valence-electron chi connectivity index (χ3n) is 11.8. The van der Waals surface area contributed by atoms with Crippen LogP contribution in [0.3, 0.4) is 0 Å². The predicted octanol–water partition coefficient (Wildman–Crippen LogP) is 3.83. The molecule has 6 aliphatic rings. The summed E-state index contributed by atoms with van der Waals surface area (Å²) in [6.45, 7) is 16.4. The van der Waals surface area contributed by atoms with Gasteiger partial charge in [-0.3, -0.25) is 9.59 Å². The summed E-state index contributed by atoms with van der Waals surface area (Å²) in [7, 11) is 2.80. The normalized spacial score (nSPS) is 36.8. The summed E-state index contributed by atoms with van der Waals surface area (Å²) in [5.41, 5.74) is -5.68. The molecule has 7 rings (SSSR count). The molecule has 1 aromatic carbocycles. The van der Waals surface area contributed by atoms with E-state index >= 15 is 4.79 Å². The van der Waals surface area contributed by atoms with Crippen molar-refractivity contribution in [1.29, 1.82) is 0 Å². The van der Waals surface area contributed by atoms with Crippen LogP contribution in [0.4, 0.5) is 0 Å². The number of aromatic hydroxyl groups is 1. The number of aliphatic hydroxyl groups excluding tert-OH is 1. The fourth-order valence-corrected chi connectivity index (χ4v) is 9.01. The van der Waals surface area contributed by atoms with Gasteiger partial charge < -0.3 is 39.0 Å². The molecule has 3 N–H and O–H groups in total. The lowest BCUT2D eigenvalue weighted by atomic mass is 9.44. The Morgan fingerprint density at radius 2 is 1.80 bits per heavy atom. The Bertz CT molecular complexity index is 1620. The maximum Gasteiger partial charge on any atom is 0.330 e. The van der Waals surface area contributed by atoms with Gasteiger partial charge in [0.25, 0.3) is 0 Å². The highest BCUT2D eigenvalue weighted by molar-refractivity contribution is 6.11. The molecule has 3 aliphatic carbocycles. The largest absolute Gasteiger partial charge is 0.507 e. The van der Waals surface area contributed by atoms with Gasteiger partial charge in [0.1, 0.15) is 35.0 Å². The van der Waals surface area contributed by atoms with Gasteiger partial charge in [-0.1, -0.05) is 32.1 Å². The number of phenols is 1. The van der Waals surface area contributed by atoms with E-state index in [1.54, 1.807) is 6.92 Å². The van der Waals surface area contributed by atoms with Crippen molar-refractivity contribution >= 4 is 17.5 Å². The molecule has 3 heterocycles. The summed E-state index contributed by atoms with van der Waals surface area (Å²) < 4.78 is 32.4. The average Bonchev–Trinajstić information content (AvgIpc) is 3.30. The number of carbonyl (C=O) groups is 3. The zero-order chi connectivity index (χ0) is 34.1. The van der Waals surface area contributed by atoms with E-state index in [9.17, 15) is 24.9 Å². The monoisotopic (exact) mass is 640 g/mol. The van der Waals surface area contributed by atoms with E-state index in [0.717, 1.165) is 0 Å². The van der Waals surface area contributed by atoms with E-state index in [0.29, 0.717) is 16.9 Å². The number of fused-ring (bicyclic) bond motifs is 3. The second kappa shape index (κ2) is 9.88. The summed E-state index contributed by atoms with van der Waals surface area (Å²) >= 11 is 0. The van der Waals surface area contributed by atoms with Gasteiger partial charge in [0.15, 0.2) is 22.6 Å². The molecule has 1 spiro atoms. The van der Waals surface area contributed by atoms with Crippen molar-refractivity contribution in [1.82, 2.24) is 0 Å². The Morgan fingerprint density at radius 3 is 2.37 bits per heavy atom. The van der Waals surface area contributed by atoms with Gasteiger partial charge in [0.05, 0.1) is 17.6 Å². The first-order valence-corrected chi connectivity index (χ1v) is 15.7. The van der Waals surface area contributed by atoms with Crippen molar-refractivity contribution in [2.45, 2.75) is 114 Å². The number of hydrogen-bond acceptors (Lipinski definition) is 10. The first kappa shape index (κ1) is 32.7. The van der Waals surface area contributed by atoms with Gasteiger partial charge >= 0.3 is 5.97 Å². The van der Waals surface area contributed by atoms with Crippen molar-refractivity contribution in [3.05, 3.63) is 40.5 Å². The topological polar surface area (TPSA) is 158 Å². The summed E-state index contributed by atoms with van der Waals surface area (Å²) in [5.74, 6) is -3.90. The molecule has 3 saturated carbocycles. The highest BCUT2D eigenvalue weighted by Crippen LogP contribution is 2.72. The summed E-state index contributed by atoms with van der Waals surface area (Å²) in [5, 5.41) is 32.5. The molecule has 11 nitrogen and oxygen atoms in total. The van der Waals surface area contributed by atoms with Crippen molar-refractivity contribution in [2.75, 3.05) is 14.2 Å². The van der Waals surface area contributed by atoms with E-state index in [1.807, 2.05) is 34.6 Å². The minimum absolute atomic E-state index is 0.00123. The van der Waals surface area contributed by atoms with Crippen LogP contribution in [-0.4, -0.2) is 87.8 Å². The zero-order valence-corrected chi connectivity index (χ0v) is 27.9. The molecule has 3 aliphatic heterocycles. The molecule has 46 heavy (non-hydrogen) atoms. The number of benzene rings is 1. The van der Waals surface area contributed by atoms with Crippen molar-refractivity contribution in [3.63, 3.8) is 0 Å². The number of aliphatic hydroxyl groups is 1. The smallest absolute Gasteiger partial charge is 0.330 e. The van der Waals surface area contributed by atoms with E-state index in [2.05, 4.69) is 6.58 Å². The summed E-state index contributed by atoms with van der Waals surface area (Å²) in [4.78, 5) is 42.0. The number of carbonyl (C=O) groups excluding carboxylic acids is 2. The minimum atomic E-state index is -1.84. The van der Waals surface area contributed by atoms with E-state index < -0.39 is 75.5 Å². The first-order valence-electron chi connectivity index (χ1n) is 15.7. The zero-order valence-electron chi connectivity index (χ0n) is 27.9. The number of rotatable bonds is 8. The lowest BCUT2D eigenvalue weighted by Gasteiger charge is -2.65. The molecule has 250 valence electrons. The Labute approximate surface area is 268 Å². The Kier molecular flexibility index (Phi) is 7.02. The van der Waals surface area contributed by atoms with Crippen LogP contribution in [0.5, 0.6) is 17.2 Å². The number of aliphatic carboxylic acids is 1. The van der Waals surface area contributed by atoms with Crippen molar-refractivity contribution in [2.24, 2.45) is 11.8 Å². The van der Waals surface area contributed by atoms with Crippen molar-refractivity contribution < 1.29 is 53.4 Å². The number of methoxy groups -OCH3 is 2. The second-order valence-corrected chi connectivity index (χ2v) is 14.8. The molecule has 2 unspecified atom stereocenters. The molecule has 0 radical (unpaired) electrons. The lowest BCUT2D eigenvalue weighted by Crippen LogP contribution is -2.86. The van der Waals surface area contributed by atoms with Gasteiger partial charge in [-0.25, -0.2) is 4.79 Å². The van der Waals surface area contributed by atoms with E-state index in [-0.39, 0.29) is 47.5 Å². The highest BCUT2D eigenvalue weighted by Gasteiger charge is 2.90. The van der Waals surface area contributed by atoms with Crippen LogP contribution in [0.15, 0.2) is 23.8 Å². The van der Waals surface area contributed by atoms with Crippen LogP contribution in [0.25, 0.3) is 0 Å². The first-order chi connectivity index (χ1) is 21.3. The number of Topliss-reactive ketones (excluding diaryl/α,β-unsaturated/α-hetero) is 2. The van der Waals surface area contributed by atoms with Gasteiger partial charge in [-0.05, 0) is 41.0 Å². The number of carboxylic acid groups (broad SMARTS) is 1. The average molecular weight is 641 g/mol. The molecular formula is C35H44O11. The van der Waals surface area contributed by atoms with Crippen LogP contribution in [0.2, 0.25) is 0 Å². The molecule has 8 atom stereocenters. The van der Waals surface area contributed by atoms with Crippen LogP contribution < -0.4 is 9.47 Å². The summed E-state index contributed by atoms with van der Waals surface area (Å²) in [6.07, 6.45) is -1.24. The number of ketones is 2. The Balaban J connectivity index is 1.71. The van der Waals surface area contributed by atoms with Gasteiger partial charge in [0.2, 0.25) is 5.78 Å². The van der Waals surface area contributed by atoms with Crippen LogP contribution in [0.1, 0.15) is 82.8 Å².